The molecule has 2 saturated heterocycles. The van der Waals surface area contributed by atoms with E-state index in [1.807, 2.05) is 43.8 Å². The van der Waals surface area contributed by atoms with Crippen LogP contribution in [0.3, 0.4) is 0 Å². The summed E-state index contributed by atoms with van der Waals surface area (Å²) in [7, 11) is 0. The van der Waals surface area contributed by atoms with E-state index in [9.17, 15) is 4.79 Å². The summed E-state index contributed by atoms with van der Waals surface area (Å²) in [4.78, 5) is 14.0. The number of hydrogen-bond donors (Lipinski definition) is 0. The van der Waals surface area contributed by atoms with Crippen molar-refractivity contribution in [1.29, 1.82) is 0 Å². The fourth-order valence-electron chi connectivity index (χ4n) is 4.33. The number of piperidine rings is 1. The molecule has 1 aromatic carbocycles. The first-order chi connectivity index (χ1) is 15.4. The number of ether oxygens (including phenoxy) is 2. The van der Waals surface area contributed by atoms with Crippen LogP contribution < -0.4 is 0 Å². The van der Waals surface area contributed by atoms with Crippen LogP contribution in [0.25, 0.3) is 22.4 Å². The Morgan fingerprint density at radius 1 is 1.16 bits per heavy atom. The van der Waals surface area contributed by atoms with Gasteiger partial charge in [-0.1, -0.05) is 6.07 Å². The third-order valence-corrected chi connectivity index (χ3v) is 6.03. The predicted molar refractivity (Wildman–Crippen MR) is 117 cm³/mol. The Hall–Kier alpha value is -2.94. The van der Waals surface area contributed by atoms with E-state index < -0.39 is 5.60 Å². The number of carbonyl (C=O) groups is 1. The summed E-state index contributed by atoms with van der Waals surface area (Å²) < 4.78 is 19.1. The molecule has 0 radical (unpaired) electrons. The number of amides is 1. The largest absolute Gasteiger partial charge is 0.444 e. The van der Waals surface area contributed by atoms with Crippen LogP contribution in [0.2, 0.25) is 0 Å². The minimum absolute atomic E-state index is 0.139. The van der Waals surface area contributed by atoms with Crippen LogP contribution in [-0.4, -0.2) is 62.9 Å². The highest BCUT2D eigenvalue weighted by Gasteiger charge is 2.30. The first-order valence-corrected chi connectivity index (χ1v) is 11.2. The normalized spacial score (nSPS) is 20.2. The van der Waals surface area contributed by atoms with Gasteiger partial charge in [0, 0.05) is 36.6 Å². The summed E-state index contributed by atoms with van der Waals surface area (Å²) in [6.45, 7) is 8.33. The Morgan fingerprint density at radius 3 is 2.69 bits per heavy atom. The van der Waals surface area contributed by atoms with Crippen molar-refractivity contribution in [3.63, 3.8) is 0 Å². The number of hydrogen-bond acceptors (Lipinski definition) is 7. The molecule has 0 bridgehead atoms. The average molecular weight is 440 g/mol. The number of rotatable bonds is 3. The van der Waals surface area contributed by atoms with E-state index in [0.29, 0.717) is 31.5 Å². The maximum absolute atomic E-state index is 12.3. The van der Waals surface area contributed by atoms with Gasteiger partial charge in [-0.25, -0.2) is 4.79 Å². The van der Waals surface area contributed by atoms with Crippen molar-refractivity contribution in [2.75, 3.05) is 26.3 Å². The van der Waals surface area contributed by atoms with Crippen molar-refractivity contribution < 1.29 is 18.7 Å². The molecule has 3 aromatic rings. The molecule has 2 fully saturated rings. The van der Waals surface area contributed by atoms with Crippen LogP contribution in [-0.2, 0) is 9.47 Å². The molecule has 1 unspecified atom stereocenters. The fraction of sp³-hybridized carbons (Fsp3) is 0.565. The number of fused-ring (bicyclic) bond motifs is 1. The second-order valence-corrected chi connectivity index (χ2v) is 9.57. The molecule has 2 aliphatic rings. The molecule has 32 heavy (non-hydrogen) atoms. The van der Waals surface area contributed by atoms with Gasteiger partial charge in [-0.15, -0.1) is 10.2 Å². The molecule has 9 heteroatoms. The lowest BCUT2D eigenvalue weighted by atomic mass is 9.97. The number of likely N-dealkylation sites (tertiary alicyclic amines) is 1. The number of carbonyl (C=O) groups excluding carboxylic acids is 1. The molecular formula is C23H29N5O4. The van der Waals surface area contributed by atoms with E-state index in [0.717, 1.165) is 42.3 Å². The summed E-state index contributed by atoms with van der Waals surface area (Å²) in [5.41, 5.74) is 1.43. The summed E-state index contributed by atoms with van der Waals surface area (Å²) >= 11 is 0. The Kier molecular flexibility index (Phi) is 5.36. The van der Waals surface area contributed by atoms with Crippen LogP contribution in [0.1, 0.15) is 57.9 Å². The van der Waals surface area contributed by atoms with Gasteiger partial charge >= 0.3 is 6.09 Å². The van der Waals surface area contributed by atoms with Crippen LogP contribution in [0.15, 0.2) is 28.8 Å². The van der Waals surface area contributed by atoms with Crippen LogP contribution in [0.5, 0.6) is 0 Å². The van der Waals surface area contributed by atoms with E-state index >= 15 is 0 Å². The molecule has 170 valence electrons. The average Bonchev–Trinajstić information content (AvgIpc) is 3.52. The van der Waals surface area contributed by atoms with E-state index in [2.05, 4.69) is 21.4 Å². The van der Waals surface area contributed by atoms with Gasteiger partial charge in [0.1, 0.15) is 5.60 Å². The molecular weight excluding hydrogens is 410 g/mol. The van der Waals surface area contributed by atoms with Crippen LogP contribution in [0, 0.1) is 0 Å². The number of aromatic nitrogens is 4. The van der Waals surface area contributed by atoms with Crippen molar-refractivity contribution in [2.24, 2.45) is 0 Å². The summed E-state index contributed by atoms with van der Waals surface area (Å²) in [6, 6.07) is 6.34. The van der Waals surface area contributed by atoms with Gasteiger partial charge in [0.15, 0.2) is 0 Å². The van der Waals surface area contributed by atoms with E-state index in [1.54, 1.807) is 4.90 Å². The monoisotopic (exact) mass is 439 g/mol. The van der Waals surface area contributed by atoms with Crippen molar-refractivity contribution in [2.45, 2.75) is 57.6 Å². The summed E-state index contributed by atoms with van der Waals surface area (Å²) in [6.07, 6.45) is 4.13. The molecule has 5 rings (SSSR count). The van der Waals surface area contributed by atoms with Crippen molar-refractivity contribution in [3.8, 4) is 11.5 Å². The third-order valence-electron chi connectivity index (χ3n) is 6.03. The lowest BCUT2D eigenvalue weighted by Gasteiger charge is -2.32. The maximum Gasteiger partial charge on any atom is 0.410 e. The minimum Gasteiger partial charge on any atom is -0.444 e. The van der Waals surface area contributed by atoms with E-state index in [1.165, 1.54) is 0 Å². The SMILES string of the molecule is CC(C)(C)OC(=O)N1CCC(c2nnc(-c3ccc4cnn(C5CCOC5)c4c3)o2)CC1. The van der Waals surface area contributed by atoms with Gasteiger partial charge in [0.25, 0.3) is 0 Å². The quantitative estimate of drug-likeness (QED) is 0.604. The standard InChI is InChI=1S/C23H29N5O4/c1-23(2,3)32-22(29)27-9-6-15(7-10-27)20-25-26-21(31-20)16-4-5-17-13-24-28(19(17)12-16)18-8-11-30-14-18/h4-5,12-13,15,18H,6-11,14H2,1-3H3. The van der Waals surface area contributed by atoms with Crippen LogP contribution >= 0.6 is 0 Å². The number of nitrogens with zero attached hydrogens (tertiary/aromatic N) is 5. The molecule has 0 saturated carbocycles. The number of benzene rings is 1. The maximum atomic E-state index is 12.3. The molecule has 0 aliphatic carbocycles. The molecule has 2 aromatic heterocycles. The second kappa shape index (κ2) is 8.20. The molecule has 2 aliphatic heterocycles. The first kappa shape index (κ1) is 20.9. The van der Waals surface area contributed by atoms with Crippen LogP contribution in [0.4, 0.5) is 4.79 Å². The summed E-state index contributed by atoms with van der Waals surface area (Å²) in [5.74, 6) is 1.27. The van der Waals surface area contributed by atoms with E-state index in [4.69, 9.17) is 13.9 Å². The van der Waals surface area contributed by atoms with Crippen molar-refractivity contribution in [3.05, 3.63) is 30.3 Å². The van der Waals surface area contributed by atoms with Gasteiger partial charge in [-0.05, 0) is 52.2 Å². The topological polar surface area (TPSA) is 95.5 Å². The first-order valence-electron chi connectivity index (χ1n) is 11.2. The Balaban J connectivity index is 1.29. The lowest BCUT2D eigenvalue weighted by molar-refractivity contribution is 0.0199. The highest BCUT2D eigenvalue weighted by atomic mass is 16.6. The molecule has 1 atom stereocenters. The fourth-order valence-corrected chi connectivity index (χ4v) is 4.33. The zero-order valence-electron chi connectivity index (χ0n) is 18.8. The Bertz CT molecular complexity index is 1100. The second-order valence-electron chi connectivity index (χ2n) is 9.57. The minimum atomic E-state index is -0.489. The highest BCUT2D eigenvalue weighted by molar-refractivity contribution is 5.83. The van der Waals surface area contributed by atoms with Gasteiger partial charge in [-0.2, -0.15) is 5.10 Å². The van der Waals surface area contributed by atoms with Crippen molar-refractivity contribution >= 4 is 17.0 Å². The van der Waals surface area contributed by atoms with Gasteiger partial charge in [0.2, 0.25) is 11.8 Å². The zero-order chi connectivity index (χ0) is 22.3. The van der Waals surface area contributed by atoms with Crippen molar-refractivity contribution in [1.82, 2.24) is 24.9 Å². The van der Waals surface area contributed by atoms with E-state index in [-0.39, 0.29) is 18.1 Å². The molecule has 0 N–H and O–H groups in total. The predicted octanol–water partition coefficient (Wildman–Crippen LogP) is 4.16. The lowest BCUT2D eigenvalue weighted by Crippen LogP contribution is -2.41. The third kappa shape index (κ3) is 4.21. The smallest absolute Gasteiger partial charge is 0.410 e. The molecule has 4 heterocycles. The highest BCUT2D eigenvalue weighted by Crippen LogP contribution is 2.32. The van der Waals surface area contributed by atoms with Gasteiger partial charge in [0.05, 0.1) is 24.4 Å². The summed E-state index contributed by atoms with van der Waals surface area (Å²) in [5, 5.41) is 14.3. The molecule has 9 nitrogen and oxygen atoms in total. The Labute approximate surface area is 186 Å². The zero-order valence-corrected chi connectivity index (χ0v) is 18.8. The molecule has 0 spiro atoms. The van der Waals surface area contributed by atoms with Gasteiger partial charge < -0.3 is 18.8 Å². The van der Waals surface area contributed by atoms with Gasteiger partial charge in [-0.3, -0.25) is 4.68 Å². The Morgan fingerprint density at radius 2 is 1.97 bits per heavy atom. The molecule has 1 amide bonds.